The van der Waals surface area contributed by atoms with Crippen molar-refractivity contribution in [2.45, 2.75) is 37.6 Å². The largest absolute Gasteiger partial charge is 0.492 e. The Balaban J connectivity index is 2.39. The van der Waals surface area contributed by atoms with Gasteiger partial charge in [-0.2, -0.15) is 0 Å². The molecular weight excluding hydrogens is 402 g/mol. The van der Waals surface area contributed by atoms with Crippen molar-refractivity contribution in [2.24, 2.45) is 0 Å². The second kappa shape index (κ2) is 9.43. The molecular formula is C23H27NO5S. The van der Waals surface area contributed by atoms with Gasteiger partial charge in [-0.1, -0.05) is 6.07 Å². The zero-order valence-electron chi connectivity index (χ0n) is 18.0. The maximum Gasteiger partial charge on any atom is 0.217 e. The van der Waals surface area contributed by atoms with Crippen LogP contribution in [0.1, 0.15) is 37.4 Å². The quantitative estimate of drug-likeness (QED) is 0.701. The summed E-state index contributed by atoms with van der Waals surface area (Å²) < 4.78 is 17.2. The minimum Gasteiger partial charge on any atom is -0.492 e. The Hall–Kier alpha value is -2.67. The van der Waals surface area contributed by atoms with Crippen molar-refractivity contribution < 1.29 is 19.0 Å². The molecule has 0 saturated carbocycles. The number of fused-ring (bicyclic) bond motifs is 3. The van der Waals surface area contributed by atoms with Crippen LogP contribution >= 0.6 is 11.8 Å². The van der Waals surface area contributed by atoms with Crippen LogP contribution in [0.4, 0.5) is 0 Å². The van der Waals surface area contributed by atoms with Gasteiger partial charge in [0.1, 0.15) is 0 Å². The van der Waals surface area contributed by atoms with Crippen LogP contribution in [0.25, 0.3) is 11.1 Å². The molecule has 1 N–H and O–H groups in total. The molecule has 3 rings (SSSR count). The van der Waals surface area contributed by atoms with Crippen molar-refractivity contribution in [1.29, 1.82) is 0 Å². The van der Waals surface area contributed by atoms with Gasteiger partial charge in [0.05, 0.1) is 31.8 Å². The molecule has 1 unspecified atom stereocenters. The molecule has 6 nitrogen and oxygen atoms in total. The molecule has 1 aliphatic rings. The Morgan fingerprint density at radius 2 is 1.93 bits per heavy atom. The smallest absolute Gasteiger partial charge is 0.217 e. The van der Waals surface area contributed by atoms with Gasteiger partial charge >= 0.3 is 0 Å². The van der Waals surface area contributed by atoms with Crippen LogP contribution in [0, 0.1) is 0 Å². The Bertz CT molecular complexity index is 1020. The Morgan fingerprint density at radius 3 is 2.53 bits per heavy atom. The molecule has 0 spiro atoms. The number of rotatable bonds is 6. The predicted molar refractivity (Wildman–Crippen MR) is 119 cm³/mol. The molecule has 1 atom stereocenters. The van der Waals surface area contributed by atoms with E-state index in [-0.39, 0.29) is 17.4 Å². The molecule has 2 aromatic carbocycles. The summed E-state index contributed by atoms with van der Waals surface area (Å²) in [4.78, 5) is 25.3. The fourth-order valence-corrected chi connectivity index (χ4v) is 4.44. The second-order valence-electron chi connectivity index (χ2n) is 6.98. The normalized spacial score (nSPS) is 14.8. The number of aryl methyl sites for hydroxylation is 1. The standard InChI is InChI=1S/C23H27NO5S/c1-6-29-19-11-14-7-9-17(24-13(2)25)16-12-18(26)20(30-5)10-8-15(16)21(14)23(28-4)22(19)27-3/h8,10-12,17H,6-7,9H2,1-5H3,(H,24,25). The summed E-state index contributed by atoms with van der Waals surface area (Å²) in [6, 6.07) is 7.09. The zero-order valence-corrected chi connectivity index (χ0v) is 18.8. The number of thioether (sulfide) groups is 1. The number of hydrogen-bond donors (Lipinski definition) is 1. The van der Waals surface area contributed by atoms with E-state index in [9.17, 15) is 9.59 Å². The molecule has 0 saturated heterocycles. The number of carbonyl (C=O) groups is 1. The highest BCUT2D eigenvalue weighted by Crippen LogP contribution is 2.50. The molecule has 1 aliphatic carbocycles. The zero-order chi connectivity index (χ0) is 21.8. The highest BCUT2D eigenvalue weighted by atomic mass is 32.2. The van der Waals surface area contributed by atoms with E-state index in [0.717, 1.165) is 22.3 Å². The third kappa shape index (κ3) is 4.12. The lowest BCUT2D eigenvalue weighted by atomic mass is 9.95. The lowest BCUT2D eigenvalue weighted by molar-refractivity contribution is -0.119. The van der Waals surface area contributed by atoms with Crippen molar-refractivity contribution in [1.82, 2.24) is 5.32 Å². The Kier molecular flexibility index (Phi) is 6.92. The van der Waals surface area contributed by atoms with Crippen molar-refractivity contribution in [2.75, 3.05) is 27.1 Å². The maximum absolute atomic E-state index is 12.8. The van der Waals surface area contributed by atoms with E-state index < -0.39 is 0 Å². The average Bonchev–Trinajstić information content (AvgIpc) is 2.96. The fourth-order valence-electron chi connectivity index (χ4n) is 3.97. The van der Waals surface area contributed by atoms with Gasteiger partial charge in [-0.25, -0.2) is 0 Å². The van der Waals surface area contributed by atoms with Gasteiger partial charge in [0, 0.05) is 12.5 Å². The third-order valence-electron chi connectivity index (χ3n) is 5.18. The van der Waals surface area contributed by atoms with E-state index in [4.69, 9.17) is 14.2 Å². The second-order valence-corrected chi connectivity index (χ2v) is 7.83. The number of carbonyl (C=O) groups excluding carboxylic acids is 1. The molecule has 0 bridgehead atoms. The van der Waals surface area contributed by atoms with Crippen LogP contribution in [0.3, 0.4) is 0 Å². The Morgan fingerprint density at radius 1 is 1.20 bits per heavy atom. The van der Waals surface area contributed by atoms with Crippen molar-refractivity contribution >= 4 is 17.7 Å². The molecule has 0 aliphatic heterocycles. The minimum absolute atomic E-state index is 0.0700. The lowest BCUT2D eigenvalue weighted by Gasteiger charge is -2.20. The van der Waals surface area contributed by atoms with Crippen LogP contribution in [-0.2, 0) is 11.2 Å². The van der Waals surface area contributed by atoms with E-state index in [1.54, 1.807) is 20.3 Å². The summed E-state index contributed by atoms with van der Waals surface area (Å²) in [5.74, 6) is 1.55. The van der Waals surface area contributed by atoms with Gasteiger partial charge < -0.3 is 19.5 Å². The summed E-state index contributed by atoms with van der Waals surface area (Å²) >= 11 is 1.40. The topological polar surface area (TPSA) is 73.9 Å². The number of hydrogen-bond acceptors (Lipinski definition) is 6. The SMILES string of the molecule is CCOc1cc2c(c(OC)c1OC)-c1ccc(SC)c(=O)cc1C(NC(C)=O)CC2. The highest BCUT2D eigenvalue weighted by molar-refractivity contribution is 7.98. The number of ether oxygens (including phenoxy) is 3. The first kappa shape index (κ1) is 22.0. The van der Waals surface area contributed by atoms with Crippen LogP contribution in [0.5, 0.6) is 17.2 Å². The van der Waals surface area contributed by atoms with Crippen LogP contribution < -0.4 is 25.0 Å². The first-order chi connectivity index (χ1) is 14.4. The van der Waals surface area contributed by atoms with Crippen LogP contribution in [0.15, 0.2) is 34.0 Å². The maximum atomic E-state index is 12.8. The van der Waals surface area contributed by atoms with Gasteiger partial charge in [-0.15, -0.1) is 11.8 Å². The Labute approximate surface area is 180 Å². The lowest BCUT2D eigenvalue weighted by Crippen LogP contribution is -2.26. The van der Waals surface area contributed by atoms with Crippen molar-refractivity contribution in [3.05, 3.63) is 45.6 Å². The van der Waals surface area contributed by atoms with Crippen LogP contribution in [-0.4, -0.2) is 33.0 Å². The summed E-state index contributed by atoms with van der Waals surface area (Å²) in [6.07, 6.45) is 3.21. The summed E-state index contributed by atoms with van der Waals surface area (Å²) in [7, 11) is 3.18. The fraction of sp³-hybridized carbons (Fsp3) is 0.391. The van der Waals surface area contributed by atoms with Gasteiger partial charge in [-0.05, 0) is 60.9 Å². The molecule has 160 valence electrons. The summed E-state index contributed by atoms with van der Waals surface area (Å²) in [5, 5.41) is 3.01. The van der Waals surface area contributed by atoms with E-state index in [1.165, 1.54) is 18.7 Å². The minimum atomic E-state index is -0.286. The van der Waals surface area contributed by atoms with Gasteiger partial charge in [0.2, 0.25) is 11.7 Å². The number of amides is 1. The van der Waals surface area contributed by atoms with Gasteiger partial charge in [-0.3, -0.25) is 9.59 Å². The van der Waals surface area contributed by atoms with Crippen LogP contribution in [0.2, 0.25) is 0 Å². The summed E-state index contributed by atoms with van der Waals surface area (Å²) in [6.45, 7) is 3.90. The van der Waals surface area contributed by atoms with Gasteiger partial charge in [0.15, 0.2) is 16.9 Å². The van der Waals surface area contributed by atoms with Crippen molar-refractivity contribution in [3.63, 3.8) is 0 Å². The average molecular weight is 430 g/mol. The number of nitrogens with one attached hydrogen (secondary N) is 1. The molecule has 0 heterocycles. The first-order valence-corrected chi connectivity index (χ1v) is 11.1. The molecule has 0 aromatic heterocycles. The number of benzene rings is 1. The van der Waals surface area contributed by atoms with E-state index in [0.29, 0.717) is 41.6 Å². The van der Waals surface area contributed by atoms with E-state index in [2.05, 4.69) is 5.32 Å². The molecule has 1 amide bonds. The van der Waals surface area contributed by atoms with E-state index in [1.807, 2.05) is 31.4 Å². The molecule has 0 fully saturated rings. The van der Waals surface area contributed by atoms with E-state index >= 15 is 0 Å². The predicted octanol–water partition coefficient (Wildman–Crippen LogP) is 3.98. The number of methoxy groups -OCH3 is 2. The summed E-state index contributed by atoms with van der Waals surface area (Å²) in [5.41, 5.74) is 3.44. The third-order valence-corrected chi connectivity index (χ3v) is 5.96. The van der Waals surface area contributed by atoms with Gasteiger partial charge in [0.25, 0.3) is 0 Å². The monoisotopic (exact) mass is 429 g/mol. The first-order valence-electron chi connectivity index (χ1n) is 9.85. The molecule has 30 heavy (non-hydrogen) atoms. The molecule has 0 radical (unpaired) electrons. The highest BCUT2D eigenvalue weighted by Gasteiger charge is 2.29. The van der Waals surface area contributed by atoms with Crippen molar-refractivity contribution in [3.8, 4) is 28.4 Å². The molecule has 2 aromatic rings. The molecule has 7 heteroatoms.